The van der Waals surface area contributed by atoms with Gasteiger partial charge in [-0.15, -0.1) is 10.2 Å². The standard InChI is InChI=1S/C15H23N5O/c1-4-11-7-13(14-17-16-10-20(14)18-11)19-6-5-12(21)8-15(2,3)9-19/h7,10,12,21H,4-6,8-9H2,1-3H3. The van der Waals surface area contributed by atoms with Gasteiger partial charge in [0.25, 0.3) is 0 Å². The third kappa shape index (κ3) is 2.85. The van der Waals surface area contributed by atoms with Gasteiger partial charge in [-0.25, -0.2) is 0 Å². The van der Waals surface area contributed by atoms with Crippen LogP contribution < -0.4 is 4.90 Å². The third-order valence-electron chi connectivity index (χ3n) is 4.14. The molecule has 0 saturated carbocycles. The maximum absolute atomic E-state index is 10.1. The second kappa shape index (κ2) is 5.26. The molecule has 1 aliphatic rings. The van der Waals surface area contributed by atoms with Crippen LogP contribution in [0.1, 0.15) is 39.3 Å². The number of hydrogen-bond donors (Lipinski definition) is 1. The van der Waals surface area contributed by atoms with Crippen LogP contribution in [0.4, 0.5) is 5.69 Å². The van der Waals surface area contributed by atoms with Crippen LogP contribution in [0.15, 0.2) is 12.4 Å². The molecule has 3 rings (SSSR count). The molecule has 0 bridgehead atoms. The summed E-state index contributed by atoms with van der Waals surface area (Å²) in [6, 6.07) is 2.11. The molecule has 0 spiro atoms. The van der Waals surface area contributed by atoms with E-state index in [1.165, 1.54) is 0 Å². The maximum atomic E-state index is 10.1. The normalized spacial score (nSPS) is 22.5. The Bertz CT molecular complexity index is 636. The van der Waals surface area contributed by atoms with E-state index in [1.807, 2.05) is 0 Å². The molecule has 6 nitrogen and oxygen atoms in total. The Morgan fingerprint density at radius 2 is 2.24 bits per heavy atom. The second-order valence-electron chi connectivity index (χ2n) is 6.71. The van der Waals surface area contributed by atoms with Gasteiger partial charge in [-0.05, 0) is 30.7 Å². The molecule has 1 saturated heterocycles. The molecule has 0 amide bonds. The second-order valence-corrected chi connectivity index (χ2v) is 6.71. The van der Waals surface area contributed by atoms with E-state index in [9.17, 15) is 5.11 Å². The molecule has 0 aliphatic carbocycles. The summed E-state index contributed by atoms with van der Waals surface area (Å²) < 4.78 is 1.75. The molecular formula is C15H23N5O. The van der Waals surface area contributed by atoms with Crippen molar-refractivity contribution in [2.75, 3.05) is 18.0 Å². The molecule has 6 heteroatoms. The molecule has 2 aromatic heterocycles. The Balaban J connectivity index is 2.04. The summed E-state index contributed by atoms with van der Waals surface area (Å²) in [5.41, 5.74) is 2.96. The van der Waals surface area contributed by atoms with Gasteiger partial charge in [-0.1, -0.05) is 20.8 Å². The van der Waals surface area contributed by atoms with E-state index in [1.54, 1.807) is 10.8 Å². The SMILES string of the molecule is CCc1cc(N2CCC(O)CC(C)(C)C2)c2nncn2n1. The van der Waals surface area contributed by atoms with Crippen molar-refractivity contribution in [3.8, 4) is 0 Å². The summed E-state index contributed by atoms with van der Waals surface area (Å²) >= 11 is 0. The van der Waals surface area contributed by atoms with Gasteiger partial charge in [-0.3, -0.25) is 0 Å². The van der Waals surface area contributed by atoms with Gasteiger partial charge in [0.1, 0.15) is 6.33 Å². The zero-order chi connectivity index (χ0) is 15.0. The van der Waals surface area contributed by atoms with Gasteiger partial charge in [0.2, 0.25) is 5.65 Å². The number of rotatable bonds is 2. The minimum absolute atomic E-state index is 0.0720. The van der Waals surface area contributed by atoms with Crippen molar-refractivity contribution < 1.29 is 5.11 Å². The fourth-order valence-corrected chi connectivity index (χ4v) is 3.18. The zero-order valence-corrected chi connectivity index (χ0v) is 13.0. The van der Waals surface area contributed by atoms with Crippen LogP contribution in [0, 0.1) is 5.41 Å². The van der Waals surface area contributed by atoms with Crippen LogP contribution in [-0.2, 0) is 6.42 Å². The quantitative estimate of drug-likeness (QED) is 0.911. The Morgan fingerprint density at radius 3 is 3.00 bits per heavy atom. The van der Waals surface area contributed by atoms with Crippen molar-refractivity contribution in [3.63, 3.8) is 0 Å². The predicted molar refractivity (Wildman–Crippen MR) is 81.4 cm³/mol. The lowest BCUT2D eigenvalue weighted by Gasteiger charge is -2.31. The first-order chi connectivity index (χ1) is 9.98. The number of aliphatic hydroxyl groups is 1. The Kier molecular flexibility index (Phi) is 3.57. The van der Waals surface area contributed by atoms with Crippen molar-refractivity contribution in [1.29, 1.82) is 0 Å². The van der Waals surface area contributed by atoms with Crippen LogP contribution in [0.5, 0.6) is 0 Å². The van der Waals surface area contributed by atoms with E-state index in [0.717, 1.165) is 49.4 Å². The first kappa shape index (κ1) is 14.3. The number of anilines is 1. The van der Waals surface area contributed by atoms with Crippen LogP contribution in [0.3, 0.4) is 0 Å². The van der Waals surface area contributed by atoms with E-state index in [4.69, 9.17) is 0 Å². The van der Waals surface area contributed by atoms with E-state index in [-0.39, 0.29) is 11.5 Å². The molecule has 0 aromatic carbocycles. The number of hydrogen-bond acceptors (Lipinski definition) is 5. The number of aromatic nitrogens is 4. The largest absolute Gasteiger partial charge is 0.393 e. The Hall–Kier alpha value is -1.69. The third-order valence-corrected chi connectivity index (χ3v) is 4.14. The van der Waals surface area contributed by atoms with Crippen LogP contribution in [0.25, 0.3) is 5.65 Å². The van der Waals surface area contributed by atoms with E-state index in [0.29, 0.717) is 0 Å². The number of aryl methyl sites for hydroxylation is 1. The van der Waals surface area contributed by atoms with Crippen molar-refractivity contribution in [3.05, 3.63) is 18.1 Å². The highest BCUT2D eigenvalue weighted by Gasteiger charge is 2.30. The van der Waals surface area contributed by atoms with Crippen LogP contribution in [-0.4, -0.2) is 44.1 Å². The predicted octanol–water partition coefficient (Wildman–Crippen LogP) is 1.67. The van der Waals surface area contributed by atoms with Crippen molar-refractivity contribution in [2.24, 2.45) is 5.41 Å². The fourth-order valence-electron chi connectivity index (χ4n) is 3.18. The minimum Gasteiger partial charge on any atom is -0.393 e. The van der Waals surface area contributed by atoms with Crippen LogP contribution >= 0.6 is 0 Å². The highest BCUT2D eigenvalue weighted by atomic mass is 16.3. The summed E-state index contributed by atoms with van der Waals surface area (Å²) in [7, 11) is 0. The van der Waals surface area contributed by atoms with Crippen molar-refractivity contribution in [1.82, 2.24) is 19.8 Å². The molecular weight excluding hydrogens is 266 g/mol. The summed E-state index contributed by atoms with van der Waals surface area (Å²) in [4.78, 5) is 2.32. The summed E-state index contributed by atoms with van der Waals surface area (Å²) in [6.45, 7) is 8.24. The number of aliphatic hydroxyl groups excluding tert-OH is 1. The first-order valence-corrected chi connectivity index (χ1v) is 7.61. The van der Waals surface area contributed by atoms with Gasteiger partial charge >= 0.3 is 0 Å². The first-order valence-electron chi connectivity index (χ1n) is 7.61. The van der Waals surface area contributed by atoms with E-state index >= 15 is 0 Å². The molecule has 2 aromatic rings. The summed E-state index contributed by atoms with van der Waals surface area (Å²) in [6.07, 6.45) is 3.91. The molecule has 1 N–H and O–H groups in total. The average Bonchev–Trinajstić information content (AvgIpc) is 2.84. The molecule has 3 heterocycles. The lowest BCUT2D eigenvalue weighted by molar-refractivity contribution is 0.123. The zero-order valence-electron chi connectivity index (χ0n) is 13.0. The fraction of sp³-hybridized carbons (Fsp3) is 0.667. The lowest BCUT2D eigenvalue weighted by atomic mass is 9.87. The summed E-state index contributed by atoms with van der Waals surface area (Å²) in [5.74, 6) is 0. The highest BCUT2D eigenvalue weighted by Crippen LogP contribution is 2.32. The molecule has 0 radical (unpaired) electrons. The van der Waals surface area contributed by atoms with Crippen molar-refractivity contribution in [2.45, 2.75) is 46.1 Å². The smallest absolute Gasteiger partial charge is 0.200 e. The molecule has 1 atom stereocenters. The van der Waals surface area contributed by atoms with Gasteiger partial charge in [0.05, 0.1) is 17.5 Å². The number of fused-ring (bicyclic) bond motifs is 1. The van der Waals surface area contributed by atoms with Gasteiger partial charge in [0, 0.05) is 13.1 Å². The summed E-state index contributed by atoms with van der Waals surface area (Å²) in [5, 5.41) is 22.8. The van der Waals surface area contributed by atoms with Crippen molar-refractivity contribution >= 4 is 11.3 Å². The van der Waals surface area contributed by atoms with Crippen LogP contribution in [0.2, 0.25) is 0 Å². The topological polar surface area (TPSA) is 66.5 Å². The van der Waals surface area contributed by atoms with E-state index in [2.05, 4.69) is 47.0 Å². The van der Waals surface area contributed by atoms with Gasteiger partial charge < -0.3 is 10.0 Å². The Morgan fingerprint density at radius 1 is 1.43 bits per heavy atom. The van der Waals surface area contributed by atoms with Gasteiger partial charge in [0.15, 0.2) is 0 Å². The lowest BCUT2D eigenvalue weighted by Crippen LogP contribution is -2.33. The molecule has 1 unspecified atom stereocenters. The highest BCUT2D eigenvalue weighted by molar-refractivity contribution is 5.68. The molecule has 114 valence electrons. The number of nitrogens with zero attached hydrogens (tertiary/aromatic N) is 5. The molecule has 1 fully saturated rings. The average molecular weight is 289 g/mol. The minimum atomic E-state index is -0.230. The monoisotopic (exact) mass is 289 g/mol. The van der Waals surface area contributed by atoms with E-state index < -0.39 is 0 Å². The molecule has 21 heavy (non-hydrogen) atoms. The maximum Gasteiger partial charge on any atom is 0.200 e. The van der Waals surface area contributed by atoms with Gasteiger partial charge in [-0.2, -0.15) is 9.61 Å². The Labute approximate surface area is 124 Å². The molecule has 1 aliphatic heterocycles.